The molecule has 4 N–H and O–H groups in total. The number of ether oxygens (including phenoxy) is 1. The van der Waals surface area contributed by atoms with E-state index in [1.165, 1.54) is 7.11 Å². The van der Waals surface area contributed by atoms with Crippen LogP contribution in [0.25, 0.3) is 0 Å². The molecule has 104 valence electrons. The maximum Gasteiger partial charge on any atom is 0.326 e. The van der Waals surface area contributed by atoms with Gasteiger partial charge in [-0.2, -0.15) is 0 Å². The lowest BCUT2D eigenvalue weighted by atomic mass is 10.1. The van der Waals surface area contributed by atoms with Gasteiger partial charge in [-0.15, -0.1) is 0 Å². The molecule has 19 heavy (non-hydrogen) atoms. The fourth-order valence-corrected chi connectivity index (χ4v) is 1.62. The third-order valence-corrected chi connectivity index (χ3v) is 2.69. The smallest absolute Gasteiger partial charge is 0.326 e. The van der Waals surface area contributed by atoms with Crippen LogP contribution in [0.15, 0.2) is 30.3 Å². The van der Waals surface area contributed by atoms with Crippen molar-refractivity contribution in [3.05, 3.63) is 35.9 Å². The molecule has 1 aromatic carbocycles. The number of hydrogen-bond donors (Lipinski definition) is 3. The van der Waals surface area contributed by atoms with Gasteiger partial charge in [-0.05, 0) is 5.56 Å². The number of nitrogens with one attached hydrogen (secondary N) is 1. The summed E-state index contributed by atoms with van der Waals surface area (Å²) in [7, 11) is 1.35. The Morgan fingerprint density at radius 2 is 2.00 bits per heavy atom. The Labute approximate surface area is 111 Å². The Balaban J connectivity index is 2.69. The van der Waals surface area contributed by atoms with Crippen molar-refractivity contribution in [2.45, 2.75) is 18.6 Å². The molecule has 0 heterocycles. The minimum atomic E-state index is -1.09. The van der Waals surface area contributed by atoms with Crippen molar-refractivity contribution in [1.29, 1.82) is 0 Å². The minimum absolute atomic E-state index is 0.00000929. The van der Waals surface area contributed by atoms with E-state index in [2.05, 4.69) is 5.32 Å². The van der Waals surface area contributed by atoms with Crippen LogP contribution in [-0.2, 0) is 20.7 Å². The Morgan fingerprint density at radius 1 is 1.37 bits per heavy atom. The van der Waals surface area contributed by atoms with Gasteiger partial charge >= 0.3 is 5.97 Å². The standard InChI is InChI=1S/C13H18N2O4/c1-19-11(8-14)12(16)15-10(13(17)18)7-9-5-3-2-4-6-9/h2-6,10-11H,7-8,14H2,1H3,(H,15,16)(H,17,18). The van der Waals surface area contributed by atoms with Crippen LogP contribution >= 0.6 is 0 Å². The Kier molecular flexibility index (Phi) is 5.98. The molecule has 2 atom stereocenters. The summed E-state index contributed by atoms with van der Waals surface area (Å²) in [6.45, 7) is 0.00000929. The molecular formula is C13H18N2O4. The summed E-state index contributed by atoms with van der Waals surface area (Å²) in [5.74, 6) is -1.61. The zero-order valence-corrected chi connectivity index (χ0v) is 10.7. The number of methoxy groups -OCH3 is 1. The highest BCUT2D eigenvalue weighted by Crippen LogP contribution is 2.04. The summed E-state index contributed by atoms with van der Waals surface area (Å²) in [6, 6.07) is 8.08. The van der Waals surface area contributed by atoms with Gasteiger partial charge in [-0.25, -0.2) is 4.79 Å². The van der Waals surface area contributed by atoms with Crippen LogP contribution in [0.2, 0.25) is 0 Å². The quantitative estimate of drug-likeness (QED) is 0.633. The van der Waals surface area contributed by atoms with E-state index in [-0.39, 0.29) is 13.0 Å². The third kappa shape index (κ3) is 4.69. The van der Waals surface area contributed by atoms with Gasteiger partial charge in [-0.1, -0.05) is 30.3 Å². The largest absolute Gasteiger partial charge is 0.480 e. The molecule has 0 radical (unpaired) electrons. The molecule has 1 aromatic rings. The lowest BCUT2D eigenvalue weighted by molar-refractivity contribution is -0.143. The van der Waals surface area contributed by atoms with Crippen LogP contribution in [0.1, 0.15) is 5.56 Å². The zero-order chi connectivity index (χ0) is 14.3. The summed E-state index contributed by atoms with van der Waals surface area (Å²) >= 11 is 0. The maximum atomic E-state index is 11.7. The summed E-state index contributed by atoms with van der Waals surface area (Å²) in [5.41, 5.74) is 6.19. The molecular weight excluding hydrogens is 248 g/mol. The highest BCUT2D eigenvalue weighted by Gasteiger charge is 2.24. The number of carbonyl (C=O) groups is 2. The normalized spacial score (nSPS) is 13.6. The Hall–Kier alpha value is -1.92. The molecule has 0 spiro atoms. The number of carbonyl (C=O) groups excluding carboxylic acids is 1. The number of amides is 1. The zero-order valence-electron chi connectivity index (χ0n) is 10.7. The van der Waals surface area contributed by atoms with Crippen molar-refractivity contribution < 1.29 is 19.4 Å². The highest BCUT2D eigenvalue weighted by atomic mass is 16.5. The van der Waals surface area contributed by atoms with Crippen LogP contribution in [0.5, 0.6) is 0 Å². The predicted molar refractivity (Wildman–Crippen MR) is 69.6 cm³/mol. The number of nitrogens with two attached hydrogens (primary N) is 1. The predicted octanol–water partition coefficient (Wildman–Crippen LogP) is -0.228. The van der Waals surface area contributed by atoms with Crippen LogP contribution in [0.3, 0.4) is 0 Å². The molecule has 1 amide bonds. The van der Waals surface area contributed by atoms with E-state index >= 15 is 0 Å². The fourth-order valence-electron chi connectivity index (χ4n) is 1.62. The lowest BCUT2D eigenvalue weighted by Gasteiger charge is -2.18. The van der Waals surface area contributed by atoms with Crippen LogP contribution in [-0.4, -0.2) is 42.8 Å². The molecule has 6 heteroatoms. The first-order valence-corrected chi connectivity index (χ1v) is 5.88. The molecule has 0 saturated carbocycles. The van der Waals surface area contributed by atoms with Crippen LogP contribution < -0.4 is 11.1 Å². The summed E-state index contributed by atoms with van der Waals surface area (Å²) < 4.78 is 4.86. The molecule has 0 aromatic heterocycles. The van der Waals surface area contributed by atoms with Gasteiger partial charge in [0.25, 0.3) is 5.91 Å². The number of aliphatic carboxylic acids is 1. The number of carboxylic acid groups (broad SMARTS) is 1. The summed E-state index contributed by atoms with van der Waals surface area (Å²) in [4.78, 5) is 22.9. The second kappa shape index (κ2) is 7.50. The van der Waals surface area contributed by atoms with E-state index in [1.54, 1.807) is 12.1 Å². The van der Waals surface area contributed by atoms with Gasteiger partial charge in [-0.3, -0.25) is 4.79 Å². The molecule has 0 fully saturated rings. The molecule has 0 aliphatic rings. The number of hydrogen-bond acceptors (Lipinski definition) is 4. The molecule has 1 rings (SSSR count). The van der Waals surface area contributed by atoms with Crippen LogP contribution in [0.4, 0.5) is 0 Å². The maximum absolute atomic E-state index is 11.7. The minimum Gasteiger partial charge on any atom is -0.480 e. The van der Waals surface area contributed by atoms with Gasteiger partial charge in [0.15, 0.2) is 0 Å². The lowest BCUT2D eigenvalue weighted by Crippen LogP contribution is -2.49. The second-order valence-corrected chi connectivity index (χ2v) is 4.05. The molecule has 6 nitrogen and oxygen atoms in total. The third-order valence-electron chi connectivity index (χ3n) is 2.69. The fraction of sp³-hybridized carbons (Fsp3) is 0.385. The average Bonchev–Trinajstić information content (AvgIpc) is 2.40. The van der Waals surface area contributed by atoms with E-state index in [9.17, 15) is 9.59 Å². The monoisotopic (exact) mass is 266 g/mol. The van der Waals surface area contributed by atoms with Gasteiger partial charge < -0.3 is 20.9 Å². The van der Waals surface area contributed by atoms with Crippen molar-refractivity contribution in [1.82, 2.24) is 5.32 Å². The molecule has 0 saturated heterocycles. The molecule has 0 bridgehead atoms. The van der Waals surface area contributed by atoms with Gasteiger partial charge in [0.05, 0.1) is 0 Å². The van der Waals surface area contributed by atoms with E-state index in [1.807, 2.05) is 18.2 Å². The van der Waals surface area contributed by atoms with Gasteiger partial charge in [0.2, 0.25) is 0 Å². The first-order valence-electron chi connectivity index (χ1n) is 5.88. The van der Waals surface area contributed by atoms with Crippen molar-refractivity contribution in [2.75, 3.05) is 13.7 Å². The topological polar surface area (TPSA) is 102 Å². The first kappa shape index (κ1) is 15.1. The van der Waals surface area contributed by atoms with E-state index in [0.29, 0.717) is 0 Å². The van der Waals surface area contributed by atoms with Gasteiger partial charge in [0.1, 0.15) is 12.1 Å². The van der Waals surface area contributed by atoms with Crippen LogP contribution in [0, 0.1) is 0 Å². The van der Waals surface area contributed by atoms with Gasteiger partial charge in [0, 0.05) is 20.1 Å². The van der Waals surface area contributed by atoms with Crippen molar-refractivity contribution in [3.8, 4) is 0 Å². The van der Waals surface area contributed by atoms with E-state index < -0.39 is 24.0 Å². The van der Waals surface area contributed by atoms with E-state index in [0.717, 1.165) is 5.56 Å². The number of benzene rings is 1. The first-order chi connectivity index (χ1) is 9.08. The Bertz CT molecular complexity index is 418. The molecule has 0 aliphatic carbocycles. The summed E-state index contributed by atoms with van der Waals surface area (Å²) in [5, 5.41) is 11.5. The molecule has 2 unspecified atom stereocenters. The summed E-state index contributed by atoms with van der Waals surface area (Å²) in [6.07, 6.45) is -0.624. The SMILES string of the molecule is COC(CN)C(=O)NC(Cc1ccccc1)C(=O)O. The molecule has 0 aliphatic heterocycles. The second-order valence-electron chi connectivity index (χ2n) is 4.05. The van der Waals surface area contributed by atoms with Crippen molar-refractivity contribution in [2.24, 2.45) is 5.73 Å². The Morgan fingerprint density at radius 3 is 2.47 bits per heavy atom. The van der Waals surface area contributed by atoms with Crippen molar-refractivity contribution in [3.63, 3.8) is 0 Å². The number of carboxylic acids is 1. The number of rotatable bonds is 7. The van der Waals surface area contributed by atoms with Crippen molar-refractivity contribution >= 4 is 11.9 Å². The van der Waals surface area contributed by atoms with E-state index in [4.69, 9.17) is 15.6 Å². The highest BCUT2D eigenvalue weighted by molar-refractivity contribution is 5.86. The average molecular weight is 266 g/mol.